The van der Waals surface area contributed by atoms with E-state index in [1.165, 1.54) is 4.90 Å². The molecule has 0 radical (unpaired) electrons. The number of anilines is 1. The number of ether oxygens (including phenoxy) is 1. The van der Waals surface area contributed by atoms with E-state index in [0.717, 1.165) is 16.3 Å². The van der Waals surface area contributed by atoms with Crippen LogP contribution in [0.25, 0.3) is 10.8 Å². The highest BCUT2D eigenvalue weighted by atomic mass is 35.5. The van der Waals surface area contributed by atoms with Crippen molar-refractivity contribution in [1.82, 2.24) is 0 Å². The summed E-state index contributed by atoms with van der Waals surface area (Å²) in [5.41, 5.74) is 2.18. The Hall–Kier alpha value is -3.50. The van der Waals surface area contributed by atoms with Gasteiger partial charge in [0.05, 0.1) is 6.54 Å². The molecule has 0 saturated heterocycles. The fourth-order valence-corrected chi connectivity index (χ4v) is 3.45. The topological polar surface area (TPSA) is 49.8 Å². The molecule has 4 aromatic carbocycles. The summed E-state index contributed by atoms with van der Waals surface area (Å²) in [4.78, 5) is 14.5. The molecular formula is C25H20ClNO3. The number of phenols is 1. The van der Waals surface area contributed by atoms with Gasteiger partial charge in [-0.2, -0.15) is 0 Å². The van der Waals surface area contributed by atoms with Gasteiger partial charge in [0.1, 0.15) is 12.4 Å². The standard InChI is InChI=1S/C25H20ClNO3/c26-20-11-13-21(14-12-20)27(25(29)30-17-18-6-2-1-3-7-18)16-23-22-9-5-4-8-19(22)10-15-24(23)28/h1-15,28H,16-17H2. The normalized spacial score (nSPS) is 10.7. The Balaban J connectivity index is 1.67. The first kappa shape index (κ1) is 19.8. The van der Waals surface area contributed by atoms with Gasteiger partial charge in [0.15, 0.2) is 0 Å². The number of hydrogen-bond acceptors (Lipinski definition) is 3. The highest BCUT2D eigenvalue weighted by Crippen LogP contribution is 2.30. The van der Waals surface area contributed by atoms with Crippen LogP contribution in [-0.4, -0.2) is 11.2 Å². The molecule has 0 aliphatic carbocycles. The lowest BCUT2D eigenvalue weighted by molar-refractivity contribution is 0.146. The van der Waals surface area contributed by atoms with Crippen LogP contribution in [0.2, 0.25) is 5.02 Å². The summed E-state index contributed by atoms with van der Waals surface area (Å²) < 4.78 is 5.57. The van der Waals surface area contributed by atoms with E-state index in [0.29, 0.717) is 16.3 Å². The van der Waals surface area contributed by atoms with Crippen LogP contribution < -0.4 is 4.90 Å². The van der Waals surface area contributed by atoms with Crippen LogP contribution in [-0.2, 0) is 17.9 Å². The maximum atomic E-state index is 13.0. The number of hydrogen-bond donors (Lipinski definition) is 1. The lowest BCUT2D eigenvalue weighted by Crippen LogP contribution is -2.31. The maximum absolute atomic E-state index is 13.0. The molecule has 0 fully saturated rings. The fourth-order valence-electron chi connectivity index (χ4n) is 3.33. The SMILES string of the molecule is O=C(OCc1ccccc1)N(Cc1c(O)ccc2ccccc12)c1ccc(Cl)cc1. The molecular weight excluding hydrogens is 398 g/mol. The van der Waals surface area contributed by atoms with Crippen molar-refractivity contribution >= 4 is 34.2 Å². The van der Waals surface area contributed by atoms with E-state index in [-0.39, 0.29) is 18.9 Å². The smallest absolute Gasteiger partial charge is 0.414 e. The van der Waals surface area contributed by atoms with Crippen LogP contribution in [0.15, 0.2) is 91.0 Å². The molecule has 0 bridgehead atoms. The van der Waals surface area contributed by atoms with Crippen LogP contribution >= 0.6 is 11.6 Å². The summed E-state index contributed by atoms with van der Waals surface area (Å²) >= 11 is 6.03. The number of rotatable bonds is 5. The quantitative estimate of drug-likeness (QED) is 0.401. The van der Waals surface area contributed by atoms with Gasteiger partial charge < -0.3 is 9.84 Å². The first-order valence-electron chi connectivity index (χ1n) is 9.55. The number of fused-ring (bicyclic) bond motifs is 1. The highest BCUT2D eigenvalue weighted by Gasteiger charge is 2.21. The first-order valence-corrected chi connectivity index (χ1v) is 9.93. The number of phenolic OH excluding ortho intramolecular Hbond substituents is 1. The van der Waals surface area contributed by atoms with Gasteiger partial charge in [-0.05, 0) is 46.7 Å². The molecule has 0 aromatic heterocycles. The van der Waals surface area contributed by atoms with Gasteiger partial charge in [-0.25, -0.2) is 4.79 Å². The minimum absolute atomic E-state index is 0.128. The monoisotopic (exact) mass is 417 g/mol. The minimum atomic E-state index is -0.506. The predicted molar refractivity (Wildman–Crippen MR) is 120 cm³/mol. The Morgan fingerprint density at radius 2 is 1.57 bits per heavy atom. The van der Waals surface area contributed by atoms with E-state index in [1.54, 1.807) is 30.3 Å². The van der Waals surface area contributed by atoms with Crippen molar-refractivity contribution in [2.45, 2.75) is 13.2 Å². The molecule has 0 atom stereocenters. The number of carbonyl (C=O) groups excluding carboxylic acids is 1. The van der Waals surface area contributed by atoms with Gasteiger partial charge in [0.25, 0.3) is 0 Å². The molecule has 0 spiro atoms. The number of amides is 1. The van der Waals surface area contributed by atoms with Gasteiger partial charge in [-0.15, -0.1) is 0 Å². The third kappa shape index (κ3) is 4.39. The van der Waals surface area contributed by atoms with Gasteiger partial charge in [-0.3, -0.25) is 4.90 Å². The van der Waals surface area contributed by atoms with E-state index in [2.05, 4.69) is 0 Å². The maximum Gasteiger partial charge on any atom is 0.414 e. The van der Waals surface area contributed by atoms with E-state index in [1.807, 2.05) is 60.7 Å². The molecule has 1 N–H and O–H groups in total. The van der Waals surface area contributed by atoms with Crippen LogP contribution in [0.4, 0.5) is 10.5 Å². The number of benzene rings is 4. The molecule has 4 rings (SSSR count). The lowest BCUT2D eigenvalue weighted by Gasteiger charge is -2.24. The fraction of sp³-hybridized carbons (Fsp3) is 0.0800. The van der Waals surface area contributed by atoms with Crippen LogP contribution in [0.3, 0.4) is 0 Å². The van der Waals surface area contributed by atoms with Crippen molar-refractivity contribution < 1.29 is 14.6 Å². The summed E-state index contributed by atoms with van der Waals surface area (Å²) in [7, 11) is 0. The Morgan fingerprint density at radius 1 is 0.867 bits per heavy atom. The van der Waals surface area contributed by atoms with Crippen LogP contribution in [0.5, 0.6) is 5.75 Å². The Kier molecular flexibility index (Phi) is 5.87. The number of nitrogens with zero attached hydrogens (tertiary/aromatic N) is 1. The molecule has 150 valence electrons. The predicted octanol–water partition coefficient (Wildman–Crippen LogP) is 6.54. The number of aromatic hydroxyl groups is 1. The summed E-state index contributed by atoms with van der Waals surface area (Å²) in [5, 5.41) is 13.0. The van der Waals surface area contributed by atoms with E-state index in [9.17, 15) is 9.90 Å². The van der Waals surface area contributed by atoms with Gasteiger partial charge in [-0.1, -0.05) is 72.3 Å². The summed E-state index contributed by atoms with van der Waals surface area (Å²) in [5.74, 6) is 0.128. The molecule has 1 amide bonds. The van der Waals surface area contributed by atoms with Crippen molar-refractivity contribution in [3.63, 3.8) is 0 Å². The Labute approximate surface area is 179 Å². The third-order valence-corrected chi connectivity index (χ3v) is 5.15. The highest BCUT2D eigenvalue weighted by molar-refractivity contribution is 6.30. The molecule has 0 aliphatic rings. The van der Waals surface area contributed by atoms with Gasteiger partial charge >= 0.3 is 6.09 Å². The first-order chi connectivity index (χ1) is 14.6. The summed E-state index contributed by atoms with van der Waals surface area (Å²) in [6, 6.07) is 27.7. The molecule has 0 heterocycles. The zero-order valence-electron chi connectivity index (χ0n) is 16.2. The lowest BCUT2D eigenvalue weighted by atomic mass is 10.0. The third-order valence-electron chi connectivity index (χ3n) is 4.90. The largest absolute Gasteiger partial charge is 0.508 e. The number of carbonyl (C=O) groups is 1. The van der Waals surface area contributed by atoms with E-state index >= 15 is 0 Å². The Morgan fingerprint density at radius 3 is 2.33 bits per heavy atom. The van der Waals surface area contributed by atoms with Crippen molar-refractivity contribution in [3.05, 3.63) is 107 Å². The molecule has 0 aliphatic heterocycles. The summed E-state index contributed by atoms with van der Waals surface area (Å²) in [6.07, 6.45) is -0.506. The van der Waals surface area contributed by atoms with E-state index < -0.39 is 6.09 Å². The molecule has 0 saturated carbocycles. The average molecular weight is 418 g/mol. The molecule has 4 aromatic rings. The second-order valence-corrected chi connectivity index (χ2v) is 7.32. The second-order valence-electron chi connectivity index (χ2n) is 6.89. The Bertz CT molecular complexity index is 1160. The zero-order chi connectivity index (χ0) is 20.9. The van der Waals surface area contributed by atoms with Gasteiger partial charge in [0.2, 0.25) is 0 Å². The molecule has 4 nitrogen and oxygen atoms in total. The summed E-state index contributed by atoms with van der Waals surface area (Å²) in [6.45, 7) is 0.313. The van der Waals surface area contributed by atoms with Crippen molar-refractivity contribution in [1.29, 1.82) is 0 Å². The van der Waals surface area contributed by atoms with Crippen molar-refractivity contribution in [2.24, 2.45) is 0 Å². The molecule has 5 heteroatoms. The molecule has 30 heavy (non-hydrogen) atoms. The minimum Gasteiger partial charge on any atom is -0.508 e. The number of halogens is 1. The van der Waals surface area contributed by atoms with Crippen LogP contribution in [0.1, 0.15) is 11.1 Å². The average Bonchev–Trinajstić information content (AvgIpc) is 2.78. The van der Waals surface area contributed by atoms with E-state index in [4.69, 9.17) is 16.3 Å². The van der Waals surface area contributed by atoms with Crippen LogP contribution in [0, 0.1) is 0 Å². The second kappa shape index (κ2) is 8.89. The van der Waals surface area contributed by atoms with Gasteiger partial charge in [0, 0.05) is 16.3 Å². The van der Waals surface area contributed by atoms with Crippen molar-refractivity contribution in [2.75, 3.05) is 4.90 Å². The van der Waals surface area contributed by atoms with Crippen molar-refractivity contribution in [3.8, 4) is 5.75 Å². The molecule has 0 unspecified atom stereocenters. The zero-order valence-corrected chi connectivity index (χ0v) is 16.9.